The summed E-state index contributed by atoms with van der Waals surface area (Å²) in [5, 5.41) is 11.7. The molecule has 25 heavy (non-hydrogen) atoms. The first-order valence-electron chi connectivity index (χ1n) is 8.95. The zero-order chi connectivity index (χ0) is 17.8. The Balaban J connectivity index is 1.61. The van der Waals surface area contributed by atoms with Gasteiger partial charge in [0.05, 0.1) is 0 Å². The fraction of sp³-hybridized carbons (Fsp3) is 0.526. The Morgan fingerprint density at radius 1 is 1.20 bits per heavy atom. The molecule has 1 heterocycles. The second kappa shape index (κ2) is 7.68. The Hall–Kier alpha value is -2.37. The van der Waals surface area contributed by atoms with E-state index in [9.17, 15) is 14.4 Å². The topological polar surface area (TPSA) is 86.7 Å². The van der Waals surface area contributed by atoms with Gasteiger partial charge in [0.15, 0.2) is 0 Å². The lowest BCUT2D eigenvalue weighted by atomic mass is 9.93. The molecular weight excluding hydrogens is 320 g/mol. The van der Waals surface area contributed by atoms with Crippen molar-refractivity contribution in [3.8, 4) is 0 Å². The van der Waals surface area contributed by atoms with Gasteiger partial charge in [0, 0.05) is 36.7 Å². The number of carbonyl (C=O) groups excluding carboxylic acids is 2. The predicted octanol–water partition coefficient (Wildman–Crippen LogP) is 2.75. The first kappa shape index (κ1) is 17.5. The number of rotatable bonds is 6. The molecule has 1 aliphatic carbocycles. The lowest BCUT2D eigenvalue weighted by Gasteiger charge is -2.32. The summed E-state index contributed by atoms with van der Waals surface area (Å²) in [5.74, 6) is -0.454. The van der Waals surface area contributed by atoms with Crippen LogP contribution in [0.25, 0.3) is 0 Å². The largest absolute Gasteiger partial charge is 0.481 e. The number of amides is 2. The Morgan fingerprint density at radius 2 is 2.00 bits per heavy atom. The minimum absolute atomic E-state index is 0.0244. The van der Waals surface area contributed by atoms with E-state index in [4.69, 9.17) is 5.11 Å². The van der Waals surface area contributed by atoms with Gasteiger partial charge >= 0.3 is 5.97 Å². The van der Waals surface area contributed by atoms with Crippen LogP contribution in [-0.4, -0.2) is 40.9 Å². The number of nitrogens with one attached hydrogen (secondary N) is 1. The van der Waals surface area contributed by atoms with Crippen molar-refractivity contribution in [2.45, 2.75) is 38.5 Å². The van der Waals surface area contributed by atoms with Crippen LogP contribution >= 0.6 is 0 Å². The van der Waals surface area contributed by atoms with E-state index in [1.165, 1.54) is 0 Å². The SMILES string of the molecule is O=C(O)CCC1CCCN(C(=O)c2cccc(NC(=O)C3CC3)c2)C1. The van der Waals surface area contributed by atoms with Gasteiger partial charge in [-0.1, -0.05) is 6.07 Å². The van der Waals surface area contributed by atoms with Crippen molar-refractivity contribution < 1.29 is 19.5 Å². The number of carbonyl (C=O) groups is 3. The van der Waals surface area contributed by atoms with Gasteiger partial charge < -0.3 is 15.3 Å². The van der Waals surface area contributed by atoms with Gasteiger partial charge in [-0.3, -0.25) is 14.4 Å². The van der Waals surface area contributed by atoms with E-state index >= 15 is 0 Å². The molecule has 3 rings (SSSR count). The summed E-state index contributed by atoms with van der Waals surface area (Å²) in [6, 6.07) is 7.06. The zero-order valence-corrected chi connectivity index (χ0v) is 14.2. The molecule has 6 nitrogen and oxygen atoms in total. The van der Waals surface area contributed by atoms with Crippen LogP contribution in [0.3, 0.4) is 0 Å². The highest BCUT2D eigenvalue weighted by atomic mass is 16.4. The second-order valence-electron chi connectivity index (χ2n) is 7.04. The smallest absolute Gasteiger partial charge is 0.303 e. The number of hydrogen-bond acceptors (Lipinski definition) is 3. The second-order valence-corrected chi connectivity index (χ2v) is 7.04. The van der Waals surface area contributed by atoms with E-state index in [2.05, 4.69) is 5.32 Å². The van der Waals surface area contributed by atoms with Crippen LogP contribution in [0.15, 0.2) is 24.3 Å². The molecule has 1 atom stereocenters. The maximum Gasteiger partial charge on any atom is 0.303 e. The fourth-order valence-electron chi connectivity index (χ4n) is 3.32. The Bertz CT molecular complexity index is 669. The lowest BCUT2D eigenvalue weighted by Crippen LogP contribution is -2.40. The summed E-state index contributed by atoms with van der Waals surface area (Å²) < 4.78 is 0. The van der Waals surface area contributed by atoms with E-state index < -0.39 is 5.97 Å². The molecule has 1 saturated carbocycles. The summed E-state index contributed by atoms with van der Waals surface area (Å²) in [4.78, 5) is 37.2. The van der Waals surface area contributed by atoms with Crippen LogP contribution in [-0.2, 0) is 9.59 Å². The van der Waals surface area contributed by atoms with E-state index in [0.717, 1.165) is 25.7 Å². The van der Waals surface area contributed by atoms with Crippen molar-refractivity contribution in [2.24, 2.45) is 11.8 Å². The molecule has 1 unspecified atom stereocenters. The van der Waals surface area contributed by atoms with Crippen molar-refractivity contribution in [2.75, 3.05) is 18.4 Å². The molecule has 0 bridgehead atoms. The summed E-state index contributed by atoms with van der Waals surface area (Å²) in [6.45, 7) is 1.30. The van der Waals surface area contributed by atoms with Crippen LogP contribution in [0, 0.1) is 11.8 Å². The highest BCUT2D eigenvalue weighted by Gasteiger charge is 2.30. The first-order valence-corrected chi connectivity index (χ1v) is 8.95. The number of piperidine rings is 1. The van der Waals surface area contributed by atoms with Crippen LogP contribution in [0.5, 0.6) is 0 Å². The van der Waals surface area contributed by atoms with Gasteiger partial charge in [0.2, 0.25) is 5.91 Å². The number of likely N-dealkylation sites (tertiary alicyclic amines) is 1. The molecule has 0 radical (unpaired) electrons. The summed E-state index contributed by atoms with van der Waals surface area (Å²) >= 11 is 0. The molecule has 6 heteroatoms. The fourth-order valence-corrected chi connectivity index (χ4v) is 3.32. The average Bonchev–Trinajstić information content (AvgIpc) is 3.45. The molecule has 2 fully saturated rings. The zero-order valence-electron chi connectivity index (χ0n) is 14.2. The van der Waals surface area contributed by atoms with E-state index in [1.807, 2.05) is 0 Å². The minimum atomic E-state index is -0.789. The number of carboxylic acid groups (broad SMARTS) is 1. The van der Waals surface area contributed by atoms with E-state index in [0.29, 0.717) is 30.8 Å². The first-order chi connectivity index (χ1) is 12.0. The van der Waals surface area contributed by atoms with Crippen molar-refractivity contribution in [3.05, 3.63) is 29.8 Å². The van der Waals surface area contributed by atoms with E-state index in [-0.39, 0.29) is 30.1 Å². The number of nitrogens with zero attached hydrogens (tertiary/aromatic N) is 1. The normalized spacial score (nSPS) is 20.2. The van der Waals surface area contributed by atoms with Crippen LogP contribution in [0.4, 0.5) is 5.69 Å². The monoisotopic (exact) mass is 344 g/mol. The average molecular weight is 344 g/mol. The van der Waals surface area contributed by atoms with Gasteiger partial charge in [-0.25, -0.2) is 0 Å². The van der Waals surface area contributed by atoms with Crippen LogP contribution < -0.4 is 5.32 Å². The van der Waals surface area contributed by atoms with Gasteiger partial charge in [-0.05, 0) is 56.2 Å². The van der Waals surface area contributed by atoms with Gasteiger partial charge in [-0.2, -0.15) is 0 Å². The standard InChI is InChI=1S/C19H24N2O4/c22-17(23)9-6-13-3-2-10-21(12-13)19(25)15-4-1-5-16(11-15)20-18(24)14-7-8-14/h1,4-5,11,13-14H,2-3,6-10,12H2,(H,20,24)(H,22,23). The number of hydrogen-bond donors (Lipinski definition) is 2. The van der Waals surface area contributed by atoms with Crippen LogP contribution in [0.1, 0.15) is 48.9 Å². The molecule has 0 spiro atoms. The van der Waals surface area contributed by atoms with Gasteiger partial charge in [-0.15, -0.1) is 0 Å². The quantitative estimate of drug-likeness (QED) is 0.831. The third-order valence-electron chi connectivity index (χ3n) is 4.90. The number of benzene rings is 1. The molecule has 0 aromatic heterocycles. The molecule has 2 amide bonds. The Morgan fingerprint density at radius 3 is 2.72 bits per heavy atom. The number of carboxylic acids is 1. The van der Waals surface area contributed by atoms with Crippen molar-refractivity contribution in [1.29, 1.82) is 0 Å². The van der Waals surface area contributed by atoms with Gasteiger partial charge in [0.1, 0.15) is 0 Å². The molecule has 134 valence electrons. The van der Waals surface area contributed by atoms with Crippen molar-refractivity contribution >= 4 is 23.5 Å². The van der Waals surface area contributed by atoms with Crippen LogP contribution in [0.2, 0.25) is 0 Å². The number of aliphatic carboxylic acids is 1. The summed E-state index contributed by atoms with van der Waals surface area (Å²) in [6.07, 6.45) is 4.50. The Labute approximate surface area is 147 Å². The highest BCUT2D eigenvalue weighted by molar-refractivity contribution is 5.98. The Kier molecular flexibility index (Phi) is 5.36. The van der Waals surface area contributed by atoms with Gasteiger partial charge in [0.25, 0.3) is 5.91 Å². The molecule has 1 aliphatic heterocycles. The third-order valence-corrected chi connectivity index (χ3v) is 4.90. The van der Waals surface area contributed by atoms with Crippen molar-refractivity contribution in [1.82, 2.24) is 4.90 Å². The maximum atomic E-state index is 12.8. The molecular formula is C19H24N2O4. The molecule has 1 aromatic rings. The molecule has 2 aliphatic rings. The minimum Gasteiger partial charge on any atom is -0.481 e. The highest BCUT2D eigenvalue weighted by Crippen LogP contribution is 2.30. The van der Waals surface area contributed by atoms with Crippen molar-refractivity contribution in [3.63, 3.8) is 0 Å². The summed E-state index contributed by atoms with van der Waals surface area (Å²) in [7, 11) is 0. The maximum absolute atomic E-state index is 12.8. The molecule has 2 N–H and O–H groups in total. The third kappa shape index (κ3) is 4.81. The lowest BCUT2D eigenvalue weighted by molar-refractivity contribution is -0.137. The summed E-state index contributed by atoms with van der Waals surface area (Å²) in [5.41, 5.74) is 1.22. The molecule has 1 aromatic carbocycles. The number of anilines is 1. The molecule has 1 saturated heterocycles. The van der Waals surface area contributed by atoms with E-state index in [1.54, 1.807) is 29.2 Å². The predicted molar refractivity (Wildman–Crippen MR) is 93.3 cm³/mol.